The van der Waals surface area contributed by atoms with E-state index in [9.17, 15) is 0 Å². The SMILES string of the molecule is CC1(C)c2ccccc2-c2cc(N(c3ccccc3-c3ccccc3)c3cccc4c3sc3ccc5ccccc5c34)ccc21. The molecule has 2 heteroatoms. The lowest BCUT2D eigenvalue weighted by Gasteiger charge is -2.29. The molecule has 7 aromatic carbocycles. The zero-order chi connectivity index (χ0) is 30.1. The standard InChI is InChI=1S/C43H31NS/c1-43(2)36-20-10-8-18-33(36)35-27-30(24-25-37(35)43)44(38-21-11-9-16-31(38)28-13-4-3-5-14-28)39-22-12-19-34-41-32-17-7-6-15-29(32)23-26-40(41)45-42(34)39/h3-27H,1-2H3. The van der Waals surface area contributed by atoms with Gasteiger partial charge in [-0.3, -0.25) is 0 Å². The Morgan fingerprint density at radius 2 is 1.20 bits per heavy atom. The Labute approximate surface area is 267 Å². The molecule has 0 bridgehead atoms. The van der Waals surface area contributed by atoms with E-state index < -0.39 is 0 Å². The molecule has 0 atom stereocenters. The minimum atomic E-state index is -0.0379. The third kappa shape index (κ3) is 3.92. The zero-order valence-electron chi connectivity index (χ0n) is 25.3. The highest BCUT2D eigenvalue weighted by Gasteiger charge is 2.35. The van der Waals surface area contributed by atoms with Crippen molar-refractivity contribution in [2.45, 2.75) is 19.3 Å². The van der Waals surface area contributed by atoms with E-state index in [1.807, 2.05) is 11.3 Å². The maximum absolute atomic E-state index is 2.50. The Kier molecular flexibility index (Phi) is 5.78. The van der Waals surface area contributed by atoms with Crippen LogP contribution in [0, 0.1) is 0 Å². The lowest BCUT2D eigenvalue weighted by atomic mass is 9.82. The Bertz CT molecular complexity index is 2410. The Morgan fingerprint density at radius 3 is 2.09 bits per heavy atom. The highest BCUT2D eigenvalue weighted by Crippen LogP contribution is 2.52. The molecule has 8 aromatic rings. The quantitative estimate of drug-likeness (QED) is 0.196. The molecule has 1 nitrogen and oxygen atoms in total. The predicted octanol–water partition coefficient (Wildman–Crippen LogP) is 12.7. The Balaban J connectivity index is 1.35. The van der Waals surface area contributed by atoms with Gasteiger partial charge in [0.15, 0.2) is 0 Å². The summed E-state index contributed by atoms with van der Waals surface area (Å²) in [5.74, 6) is 0. The summed E-state index contributed by atoms with van der Waals surface area (Å²) < 4.78 is 2.62. The van der Waals surface area contributed by atoms with Gasteiger partial charge < -0.3 is 4.90 Å². The van der Waals surface area contributed by atoms with E-state index in [2.05, 4.69) is 170 Å². The number of fused-ring (bicyclic) bond motifs is 8. The van der Waals surface area contributed by atoms with E-state index in [0.717, 1.165) is 0 Å². The first kappa shape index (κ1) is 26.2. The van der Waals surface area contributed by atoms with Crippen LogP contribution in [0.2, 0.25) is 0 Å². The smallest absolute Gasteiger partial charge is 0.0640 e. The summed E-state index contributed by atoms with van der Waals surface area (Å²) in [6.07, 6.45) is 0. The van der Waals surface area contributed by atoms with E-state index in [1.54, 1.807) is 0 Å². The number of thiophene rings is 1. The van der Waals surface area contributed by atoms with Crippen molar-refractivity contribution < 1.29 is 0 Å². The molecule has 0 saturated carbocycles. The maximum Gasteiger partial charge on any atom is 0.0640 e. The van der Waals surface area contributed by atoms with Crippen molar-refractivity contribution in [1.82, 2.24) is 0 Å². The summed E-state index contributed by atoms with van der Waals surface area (Å²) in [6.45, 7) is 4.70. The summed E-state index contributed by atoms with van der Waals surface area (Å²) in [5.41, 5.74) is 11.4. The highest BCUT2D eigenvalue weighted by atomic mass is 32.1. The third-order valence-electron chi connectivity index (χ3n) is 9.66. The average Bonchev–Trinajstić information content (AvgIpc) is 3.59. The van der Waals surface area contributed by atoms with Crippen LogP contribution in [-0.2, 0) is 5.41 Å². The first-order valence-electron chi connectivity index (χ1n) is 15.6. The van der Waals surface area contributed by atoms with Crippen molar-refractivity contribution in [1.29, 1.82) is 0 Å². The van der Waals surface area contributed by atoms with Crippen LogP contribution in [0.5, 0.6) is 0 Å². The number of nitrogens with zero attached hydrogens (tertiary/aromatic N) is 1. The molecule has 0 N–H and O–H groups in total. The van der Waals surface area contributed by atoms with Gasteiger partial charge in [0.25, 0.3) is 0 Å². The summed E-state index contributed by atoms with van der Waals surface area (Å²) >= 11 is 1.89. The van der Waals surface area contributed by atoms with Crippen LogP contribution in [0.4, 0.5) is 17.1 Å². The first-order chi connectivity index (χ1) is 22.1. The van der Waals surface area contributed by atoms with Gasteiger partial charge in [-0.1, -0.05) is 135 Å². The monoisotopic (exact) mass is 593 g/mol. The molecular weight excluding hydrogens is 563 g/mol. The zero-order valence-corrected chi connectivity index (χ0v) is 26.1. The summed E-state index contributed by atoms with van der Waals surface area (Å²) in [4.78, 5) is 2.50. The van der Waals surface area contributed by atoms with Crippen LogP contribution < -0.4 is 4.90 Å². The second kappa shape index (κ2) is 9.92. The number of benzene rings is 7. The summed E-state index contributed by atoms with van der Waals surface area (Å²) in [6, 6.07) is 55.8. The van der Waals surface area contributed by atoms with Crippen LogP contribution in [0.15, 0.2) is 152 Å². The van der Waals surface area contributed by atoms with Crippen molar-refractivity contribution in [2.75, 3.05) is 4.90 Å². The van der Waals surface area contributed by atoms with Crippen LogP contribution in [0.25, 0.3) is 53.2 Å². The molecule has 0 amide bonds. The van der Waals surface area contributed by atoms with Crippen molar-refractivity contribution >= 4 is 59.3 Å². The fraction of sp³-hybridized carbons (Fsp3) is 0.0698. The molecule has 0 spiro atoms. The van der Waals surface area contributed by atoms with E-state index in [-0.39, 0.29) is 5.41 Å². The maximum atomic E-state index is 2.50. The summed E-state index contributed by atoms with van der Waals surface area (Å²) in [7, 11) is 0. The lowest BCUT2D eigenvalue weighted by Crippen LogP contribution is -2.15. The number of hydrogen-bond donors (Lipinski definition) is 0. The molecule has 9 rings (SSSR count). The second-order valence-electron chi connectivity index (χ2n) is 12.5. The van der Waals surface area contributed by atoms with Crippen LogP contribution in [-0.4, -0.2) is 0 Å². The van der Waals surface area contributed by atoms with Crippen molar-refractivity contribution in [2.24, 2.45) is 0 Å². The van der Waals surface area contributed by atoms with Crippen molar-refractivity contribution in [3.05, 3.63) is 163 Å². The van der Waals surface area contributed by atoms with Crippen LogP contribution >= 0.6 is 11.3 Å². The highest BCUT2D eigenvalue weighted by molar-refractivity contribution is 7.26. The van der Waals surface area contributed by atoms with Crippen molar-refractivity contribution in [3.8, 4) is 22.3 Å². The molecule has 1 aliphatic rings. The number of hydrogen-bond acceptors (Lipinski definition) is 2. The molecule has 45 heavy (non-hydrogen) atoms. The van der Waals surface area contributed by atoms with Gasteiger partial charge in [0.05, 0.1) is 16.1 Å². The topological polar surface area (TPSA) is 3.24 Å². The third-order valence-corrected chi connectivity index (χ3v) is 10.9. The molecule has 0 fully saturated rings. The normalized spacial score (nSPS) is 13.3. The van der Waals surface area contributed by atoms with E-state index in [4.69, 9.17) is 0 Å². The molecule has 0 unspecified atom stereocenters. The molecule has 1 aliphatic carbocycles. The average molecular weight is 594 g/mol. The molecule has 1 aromatic heterocycles. The van der Waals surface area contributed by atoms with Crippen LogP contribution in [0.3, 0.4) is 0 Å². The fourth-order valence-corrected chi connectivity index (χ4v) is 8.74. The molecule has 214 valence electrons. The molecular formula is C43H31NS. The molecule has 0 saturated heterocycles. The van der Waals surface area contributed by atoms with Gasteiger partial charge in [0.2, 0.25) is 0 Å². The Morgan fingerprint density at radius 1 is 0.511 bits per heavy atom. The fourth-order valence-electron chi connectivity index (χ4n) is 7.52. The van der Waals surface area contributed by atoms with Gasteiger partial charge in [0.1, 0.15) is 0 Å². The minimum Gasteiger partial charge on any atom is -0.308 e. The second-order valence-corrected chi connectivity index (χ2v) is 13.6. The number of para-hydroxylation sites is 1. The van der Waals surface area contributed by atoms with Crippen molar-refractivity contribution in [3.63, 3.8) is 0 Å². The van der Waals surface area contributed by atoms with Crippen LogP contribution in [0.1, 0.15) is 25.0 Å². The van der Waals surface area contributed by atoms with E-state index in [1.165, 1.54) is 81.4 Å². The van der Waals surface area contributed by atoms with Gasteiger partial charge in [-0.25, -0.2) is 0 Å². The molecule has 0 radical (unpaired) electrons. The first-order valence-corrected chi connectivity index (χ1v) is 16.4. The van der Waals surface area contributed by atoms with Gasteiger partial charge in [0, 0.05) is 32.1 Å². The lowest BCUT2D eigenvalue weighted by molar-refractivity contribution is 0.660. The Hall–Kier alpha value is -5.18. The van der Waals surface area contributed by atoms with Gasteiger partial charge in [-0.05, 0) is 68.9 Å². The number of rotatable bonds is 4. The van der Waals surface area contributed by atoms with Gasteiger partial charge in [-0.2, -0.15) is 0 Å². The van der Waals surface area contributed by atoms with Gasteiger partial charge in [-0.15, -0.1) is 11.3 Å². The van der Waals surface area contributed by atoms with E-state index in [0.29, 0.717) is 0 Å². The number of anilines is 3. The molecule has 1 heterocycles. The molecule has 0 aliphatic heterocycles. The van der Waals surface area contributed by atoms with Gasteiger partial charge >= 0.3 is 0 Å². The van der Waals surface area contributed by atoms with E-state index >= 15 is 0 Å². The predicted molar refractivity (Wildman–Crippen MR) is 195 cm³/mol. The summed E-state index contributed by atoms with van der Waals surface area (Å²) in [5, 5.41) is 5.24. The largest absolute Gasteiger partial charge is 0.308 e. The minimum absolute atomic E-state index is 0.0379.